The van der Waals surface area contributed by atoms with Crippen molar-refractivity contribution in [2.24, 2.45) is 11.8 Å². The van der Waals surface area contributed by atoms with Gasteiger partial charge in [-0.1, -0.05) is 25.7 Å². The van der Waals surface area contributed by atoms with Gasteiger partial charge >= 0.3 is 11.7 Å². The van der Waals surface area contributed by atoms with Gasteiger partial charge in [-0.3, -0.25) is 4.90 Å². The van der Waals surface area contributed by atoms with Crippen LogP contribution in [0.1, 0.15) is 77.0 Å². The lowest BCUT2D eigenvalue weighted by Crippen LogP contribution is -2.75. The van der Waals surface area contributed by atoms with E-state index in [9.17, 15) is 10.3 Å². The molecule has 0 bridgehead atoms. The molecule has 0 amide bonds. The van der Waals surface area contributed by atoms with Crippen LogP contribution in [0.4, 0.5) is 0 Å². The largest absolute Gasteiger partial charge is 0.447 e. The summed E-state index contributed by atoms with van der Waals surface area (Å²) in [6, 6.07) is 0.359. The third-order valence-corrected chi connectivity index (χ3v) is 7.92. The molecule has 0 radical (unpaired) electrons. The van der Waals surface area contributed by atoms with E-state index in [0.717, 1.165) is 58.0 Å². The van der Waals surface area contributed by atoms with E-state index < -0.39 is 0 Å². The SMILES string of the molecule is COC1CCC(C(=[N+]=[N-])C(=O)O[C@@]2(C3CCCCC3)CN3CCCC[C@H]32)CC1. The number of hydrogen-bond donors (Lipinski definition) is 0. The monoisotopic (exact) mass is 389 g/mol. The second-order valence-corrected chi connectivity index (χ2v) is 9.36. The first-order chi connectivity index (χ1) is 13.7. The van der Waals surface area contributed by atoms with Crippen LogP contribution in [-0.2, 0) is 14.3 Å². The van der Waals surface area contributed by atoms with Crippen molar-refractivity contribution in [3.8, 4) is 0 Å². The van der Waals surface area contributed by atoms with Crippen LogP contribution >= 0.6 is 0 Å². The highest BCUT2D eigenvalue weighted by Gasteiger charge is 2.60. The lowest BCUT2D eigenvalue weighted by atomic mass is 9.65. The van der Waals surface area contributed by atoms with Crippen LogP contribution in [0.15, 0.2) is 0 Å². The molecule has 0 spiro atoms. The second kappa shape index (κ2) is 8.64. The van der Waals surface area contributed by atoms with E-state index in [2.05, 4.69) is 9.69 Å². The van der Waals surface area contributed by atoms with E-state index in [1.54, 1.807) is 7.11 Å². The van der Waals surface area contributed by atoms with E-state index >= 15 is 0 Å². The number of carbonyl (C=O) groups is 1. The minimum atomic E-state index is -0.376. The van der Waals surface area contributed by atoms with Gasteiger partial charge < -0.3 is 15.0 Å². The molecule has 2 saturated heterocycles. The average Bonchev–Trinajstić information content (AvgIpc) is 2.73. The molecule has 0 aromatic rings. The van der Waals surface area contributed by atoms with Crippen molar-refractivity contribution in [2.45, 2.75) is 94.8 Å². The van der Waals surface area contributed by atoms with Crippen molar-refractivity contribution in [3.05, 3.63) is 5.53 Å². The van der Waals surface area contributed by atoms with Crippen molar-refractivity contribution in [1.29, 1.82) is 0 Å². The van der Waals surface area contributed by atoms with Crippen LogP contribution in [0.2, 0.25) is 0 Å². The van der Waals surface area contributed by atoms with Crippen molar-refractivity contribution in [1.82, 2.24) is 4.90 Å². The summed E-state index contributed by atoms with van der Waals surface area (Å²) in [4.78, 5) is 19.1. The van der Waals surface area contributed by atoms with Gasteiger partial charge in [-0.05, 0) is 57.9 Å². The van der Waals surface area contributed by atoms with Crippen LogP contribution in [0.3, 0.4) is 0 Å². The maximum Gasteiger partial charge on any atom is 0.417 e. The minimum Gasteiger partial charge on any atom is -0.447 e. The zero-order chi connectivity index (χ0) is 19.6. The molecule has 0 aromatic carbocycles. The van der Waals surface area contributed by atoms with Crippen LogP contribution in [0, 0.1) is 11.8 Å². The number of fused-ring (bicyclic) bond motifs is 1. The maximum atomic E-state index is 13.2. The third-order valence-electron chi connectivity index (χ3n) is 7.92. The molecule has 4 rings (SSSR count). The Morgan fingerprint density at radius 1 is 1.00 bits per heavy atom. The van der Waals surface area contributed by atoms with E-state index in [0.29, 0.717) is 12.0 Å². The number of nitrogens with zero attached hydrogens (tertiary/aromatic N) is 3. The Bertz CT molecular complexity index is 609. The van der Waals surface area contributed by atoms with E-state index in [-0.39, 0.29) is 29.3 Å². The first kappa shape index (κ1) is 20.1. The molecule has 4 aliphatic rings. The van der Waals surface area contributed by atoms with E-state index in [4.69, 9.17) is 9.47 Å². The van der Waals surface area contributed by atoms with E-state index in [1.807, 2.05) is 0 Å². The normalized spacial score (nSPS) is 36.7. The topological polar surface area (TPSA) is 75.2 Å². The van der Waals surface area contributed by atoms with E-state index in [1.165, 1.54) is 32.1 Å². The van der Waals surface area contributed by atoms with Crippen LogP contribution in [0.5, 0.6) is 0 Å². The Labute approximate surface area is 168 Å². The third kappa shape index (κ3) is 3.67. The standard InChI is InChI=1S/C22H35N3O3/c1-27-18-12-10-16(11-13-18)20(24-23)21(26)28-22(17-7-3-2-4-8-17)15-25-14-6-5-9-19(22)25/h16-19H,2-15H2,1H3/t16?,18?,19-,22+/m0/s1. The summed E-state index contributed by atoms with van der Waals surface area (Å²) in [5.41, 5.74) is 9.52. The van der Waals surface area contributed by atoms with Gasteiger partial charge in [-0.25, -0.2) is 4.79 Å². The summed E-state index contributed by atoms with van der Waals surface area (Å²) in [5.74, 6) is 0.0581. The Kier molecular flexibility index (Phi) is 6.19. The fraction of sp³-hybridized carbons (Fsp3) is 0.909. The van der Waals surface area contributed by atoms with Crippen molar-refractivity contribution >= 4 is 11.7 Å². The summed E-state index contributed by atoms with van der Waals surface area (Å²) in [6.45, 7) is 1.99. The van der Waals surface area contributed by atoms with Gasteiger partial charge in [-0.2, -0.15) is 4.79 Å². The first-order valence-corrected chi connectivity index (χ1v) is 11.4. The molecule has 6 nitrogen and oxygen atoms in total. The molecular weight excluding hydrogens is 354 g/mol. The molecule has 0 N–H and O–H groups in total. The molecule has 2 saturated carbocycles. The average molecular weight is 390 g/mol. The predicted molar refractivity (Wildman–Crippen MR) is 106 cm³/mol. The van der Waals surface area contributed by atoms with Crippen molar-refractivity contribution < 1.29 is 19.1 Å². The number of ether oxygens (including phenoxy) is 2. The summed E-state index contributed by atoms with van der Waals surface area (Å²) in [7, 11) is 1.74. The lowest BCUT2D eigenvalue weighted by Gasteiger charge is -2.61. The first-order valence-electron chi connectivity index (χ1n) is 11.4. The van der Waals surface area contributed by atoms with Gasteiger partial charge in [0.05, 0.1) is 18.1 Å². The molecule has 6 heteroatoms. The van der Waals surface area contributed by atoms with Crippen LogP contribution in [-0.4, -0.2) is 59.3 Å². The predicted octanol–water partition coefficient (Wildman–Crippen LogP) is 3.59. The number of carbonyl (C=O) groups excluding carboxylic acids is 1. The Balaban J connectivity index is 1.48. The van der Waals surface area contributed by atoms with Gasteiger partial charge in [0.25, 0.3) is 0 Å². The highest BCUT2D eigenvalue weighted by Crippen LogP contribution is 2.48. The zero-order valence-corrected chi connectivity index (χ0v) is 17.3. The number of piperidine rings is 1. The van der Waals surface area contributed by atoms with Gasteiger partial charge in [-0.15, -0.1) is 0 Å². The van der Waals surface area contributed by atoms with Crippen LogP contribution < -0.4 is 0 Å². The number of hydrogen-bond acceptors (Lipinski definition) is 4. The van der Waals surface area contributed by atoms with Crippen molar-refractivity contribution in [3.63, 3.8) is 0 Å². The minimum absolute atomic E-state index is 0.0187. The van der Waals surface area contributed by atoms with Gasteiger partial charge in [0, 0.05) is 19.6 Å². The fourth-order valence-corrected chi connectivity index (χ4v) is 6.31. The second-order valence-electron chi connectivity index (χ2n) is 9.36. The highest BCUT2D eigenvalue weighted by atomic mass is 16.6. The lowest BCUT2D eigenvalue weighted by molar-refractivity contribution is -0.226. The molecule has 0 aromatic heterocycles. The Morgan fingerprint density at radius 2 is 1.71 bits per heavy atom. The Hall–Kier alpha value is -1.23. The highest BCUT2D eigenvalue weighted by molar-refractivity contribution is 6.34. The smallest absolute Gasteiger partial charge is 0.417 e. The fourth-order valence-electron chi connectivity index (χ4n) is 6.31. The Morgan fingerprint density at radius 3 is 2.36 bits per heavy atom. The molecule has 2 aliphatic heterocycles. The number of esters is 1. The molecular formula is C22H35N3O3. The number of methoxy groups -OCH3 is 1. The molecule has 2 aliphatic carbocycles. The maximum absolute atomic E-state index is 13.2. The van der Waals surface area contributed by atoms with Gasteiger partial charge in [0.2, 0.25) is 0 Å². The molecule has 2 atom stereocenters. The number of rotatable bonds is 5. The van der Waals surface area contributed by atoms with Crippen molar-refractivity contribution in [2.75, 3.05) is 20.2 Å². The molecule has 156 valence electrons. The summed E-state index contributed by atoms with van der Waals surface area (Å²) in [6.07, 6.45) is 13.3. The molecule has 0 unspecified atom stereocenters. The van der Waals surface area contributed by atoms with Gasteiger partial charge in [0.1, 0.15) is 5.60 Å². The quantitative estimate of drug-likeness (QED) is 0.312. The summed E-state index contributed by atoms with van der Waals surface area (Å²) < 4.78 is 11.8. The molecule has 2 heterocycles. The summed E-state index contributed by atoms with van der Waals surface area (Å²) >= 11 is 0. The van der Waals surface area contributed by atoms with Crippen LogP contribution in [0.25, 0.3) is 5.53 Å². The summed E-state index contributed by atoms with van der Waals surface area (Å²) in [5, 5.41) is 0. The zero-order valence-electron chi connectivity index (χ0n) is 17.3. The molecule has 28 heavy (non-hydrogen) atoms. The van der Waals surface area contributed by atoms with Gasteiger partial charge in [0.15, 0.2) is 0 Å². The molecule has 4 fully saturated rings.